The summed E-state index contributed by atoms with van der Waals surface area (Å²) in [6, 6.07) is 10.1. The van der Waals surface area contributed by atoms with Gasteiger partial charge in [0.05, 0.1) is 33.8 Å². The number of hydrogen-bond donors (Lipinski definition) is 0. The molecule has 0 radical (unpaired) electrons. The molecular formula is C29H32F2N6O2S. The number of hydrogen-bond acceptors (Lipinski definition) is 7. The van der Waals surface area contributed by atoms with Gasteiger partial charge in [0.1, 0.15) is 27.8 Å². The van der Waals surface area contributed by atoms with Crippen molar-refractivity contribution in [3.05, 3.63) is 82.7 Å². The minimum absolute atomic E-state index is 0.0251. The third-order valence-electron chi connectivity index (χ3n) is 8.50. The van der Waals surface area contributed by atoms with Crippen molar-refractivity contribution in [2.45, 2.75) is 58.8 Å². The first-order valence-electron chi connectivity index (χ1n) is 13.2. The van der Waals surface area contributed by atoms with E-state index < -0.39 is 26.9 Å². The predicted molar refractivity (Wildman–Crippen MR) is 148 cm³/mol. The van der Waals surface area contributed by atoms with E-state index in [2.05, 4.69) is 48.0 Å². The Hall–Kier alpha value is -3.60. The van der Waals surface area contributed by atoms with Crippen molar-refractivity contribution in [2.24, 2.45) is 5.41 Å². The second-order valence-corrected chi connectivity index (χ2v) is 13.5. The third kappa shape index (κ3) is 4.49. The molecule has 40 heavy (non-hydrogen) atoms. The van der Waals surface area contributed by atoms with Crippen LogP contribution in [0.15, 0.2) is 42.7 Å². The molecule has 0 fully saturated rings. The molecule has 1 aliphatic rings. The number of benzene rings is 1. The zero-order valence-electron chi connectivity index (χ0n) is 23.4. The van der Waals surface area contributed by atoms with Crippen molar-refractivity contribution in [1.29, 1.82) is 0 Å². The fourth-order valence-electron chi connectivity index (χ4n) is 5.93. The van der Waals surface area contributed by atoms with Crippen LogP contribution in [0.25, 0.3) is 17.1 Å². The summed E-state index contributed by atoms with van der Waals surface area (Å²) in [6.45, 7) is 10.1. The zero-order valence-corrected chi connectivity index (χ0v) is 24.2. The first kappa shape index (κ1) is 27.9. The van der Waals surface area contributed by atoms with Gasteiger partial charge in [-0.2, -0.15) is 5.10 Å². The molecule has 4 aromatic rings. The van der Waals surface area contributed by atoms with Gasteiger partial charge in [0.2, 0.25) is 0 Å². The predicted octanol–water partition coefficient (Wildman–Crippen LogP) is 5.13. The molecule has 0 amide bonds. The number of fused-ring (bicyclic) bond motifs is 1. The summed E-state index contributed by atoms with van der Waals surface area (Å²) >= 11 is 0. The van der Waals surface area contributed by atoms with Gasteiger partial charge in [-0.1, -0.05) is 32.9 Å². The van der Waals surface area contributed by atoms with Crippen molar-refractivity contribution >= 4 is 9.84 Å². The van der Waals surface area contributed by atoms with Crippen molar-refractivity contribution in [3.8, 4) is 17.1 Å². The largest absolute Gasteiger partial charge is 0.233 e. The first-order valence-corrected chi connectivity index (χ1v) is 15.2. The van der Waals surface area contributed by atoms with Gasteiger partial charge in [-0.05, 0) is 67.0 Å². The number of halogens is 2. The van der Waals surface area contributed by atoms with Gasteiger partial charge < -0.3 is 0 Å². The fraction of sp³-hybridized carbons (Fsp3) is 0.414. The number of pyridine rings is 1. The van der Waals surface area contributed by atoms with E-state index in [1.165, 1.54) is 29.4 Å². The minimum atomic E-state index is -3.14. The quantitative estimate of drug-likeness (QED) is 0.305. The highest BCUT2D eigenvalue weighted by Gasteiger charge is 2.57. The number of rotatable bonds is 7. The topological polar surface area (TPSA) is 104 Å². The molecule has 0 bridgehead atoms. The van der Waals surface area contributed by atoms with Gasteiger partial charge in [-0.25, -0.2) is 31.8 Å². The molecule has 8 nitrogen and oxygen atoms in total. The lowest BCUT2D eigenvalue weighted by Gasteiger charge is -2.41. The fourth-order valence-corrected chi connectivity index (χ4v) is 6.48. The molecule has 210 valence electrons. The average molecular weight is 567 g/mol. The molecule has 0 saturated carbocycles. The maximum absolute atomic E-state index is 15.0. The molecule has 3 aromatic heterocycles. The van der Waals surface area contributed by atoms with E-state index in [1.54, 1.807) is 19.1 Å². The number of aromatic nitrogens is 6. The van der Waals surface area contributed by atoms with Crippen LogP contribution in [-0.2, 0) is 21.7 Å². The monoisotopic (exact) mass is 566 g/mol. The highest BCUT2D eigenvalue weighted by Crippen LogP contribution is 2.61. The van der Waals surface area contributed by atoms with Crippen LogP contribution in [0.2, 0.25) is 0 Å². The van der Waals surface area contributed by atoms with Gasteiger partial charge >= 0.3 is 0 Å². The number of aryl methyl sites for hydroxylation is 2. The molecule has 0 spiro atoms. The van der Waals surface area contributed by atoms with Crippen LogP contribution in [0.3, 0.4) is 0 Å². The number of nitrogens with zero attached hydrogens (tertiary/aromatic N) is 6. The molecule has 1 aromatic carbocycles. The Balaban J connectivity index is 1.60. The van der Waals surface area contributed by atoms with E-state index in [0.717, 1.165) is 23.4 Å². The molecule has 0 unspecified atom stereocenters. The summed E-state index contributed by atoms with van der Waals surface area (Å²) in [5.41, 5.74) is 1.63. The van der Waals surface area contributed by atoms with E-state index in [4.69, 9.17) is 4.98 Å². The molecule has 11 heteroatoms. The second kappa shape index (κ2) is 9.79. The maximum atomic E-state index is 15.0. The standard InChI is InChI=1S/C29H32F2N6O2S/c1-7-19-18-15-21(25-20(30)12-11-17(2)26(25)31)34-35-27(18)29(5,28(19,3)4)22-9-8-10-24(33-22)37-16-32-23(36-37)13-14-40(6,38)39/h8-12,15-16,19H,7,13-14H2,1-6H3/t19-,29-/m0/s1. The van der Waals surface area contributed by atoms with Gasteiger partial charge in [0.25, 0.3) is 0 Å². The van der Waals surface area contributed by atoms with Crippen LogP contribution in [0, 0.1) is 24.0 Å². The summed E-state index contributed by atoms with van der Waals surface area (Å²) in [5, 5.41) is 13.4. The molecule has 3 heterocycles. The Labute approximate surface area is 232 Å². The van der Waals surface area contributed by atoms with Gasteiger partial charge in [0.15, 0.2) is 11.6 Å². The van der Waals surface area contributed by atoms with Crippen LogP contribution < -0.4 is 0 Å². The van der Waals surface area contributed by atoms with Crippen molar-refractivity contribution < 1.29 is 17.2 Å². The Morgan fingerprint density at radius 2 is 1.82 bits per heavy atom. The van der Waals surface area contributed by atoms with E-state index in [1.807, 2.05) is 12.1 Å². The summed E-state index contributed by atoms with van der Waals surface area (Å²) in [4.78, 5) is 9.21. The summed E-state index contributed by atoms with van der Waals surface area (Å²) < 4.78 is 54.4. The molecular weight excluding hydrogens is 534 g/mol. The normalized spacial score (nSPS) is 20.1. The summed E-state index contributed by atoms with van der Waals surface area (Å²) in [7, 11) is -3.14. The van der Waals surface area contributed by atoms with E-state index in [-0.39, 0.29) is 34.8 Å². The molecule has 0 aliphatic heterocycles. The minimum Gasteiger partial charge on any atom is -0.233 e. The van der Waals surface area contributed by atoms with Crippen LogP contribution in [0.1, 0.15) is 68.4 Å². The summed E-state index contributed by atoms with van der Waals surface area (Å²) in [5.74, 6) is -0.387. The lowest BCUT2D eigenvalue weighted by molar-refractivity contribution is 0.189. The lowest BCUT2D eigenvalue weighted by atomic mass is 9.62. The Morgan fingerprint density at radius 3 is 2.52 bits per heavy atom. The highest BCUT2D eigenvalue weighted by molar-refractivity contribution is 7.90. The van der Waals surface area contributed by atoms with E-state index in [0.29, 0.717) is 17.2 Å². The third-order valence-corrected chi connectivity index (χ3v) is 9.44. The average Bonchev–Trinajstić information content (AvgIpc) is 3.44. The SMILES string of the molecule is CC[C@H]1c2cc(-c3c(F)ccc(C)c3F)nnc2[C@](C)(c2cccc(-n3cnc(CCS(C)(=O)=O)n3)n2)C1(C)C. The molecule has 2 atom stereocenters. The molecule has 0 saturated heterocycles. The Kier molecular flexibility index (Phi) is 6.84. The lowest BCUT2D eigenvalue weighted by Crippen LogP contribution is -2.40. The maximum Gasteiger partial charge on any atom is 0.155 e. The Bertz CT molecular complexity index is 1720. The molecule has 0 N–H and O–H groups in total. The second-order valence-electron chi connectivity index (χ2n) is 11.3. The zero-order chi connectivity index (χ0) is 29.0. The number of sulfone groups is 1. The van der Waals surface area contributed by atoms with Crippen LogP contribution >= 0.6 is 0 Å². The first-order chi connectivity index (χ1) is 18.8. The van der Waals surface area contributed by atoms with Crippen LogP contribution in [0.4, 0.5) is 8.78 Å². The van der Waals surface area contributed by atoms with Crippen molar-refractivity contribution in [3.63, 3.8) is 0 Å². The molecule has 1 aliphatic carbocycles. The Morgan fingerprint density at radius 1 is 1.07 bits per heavy atom. The smallest absolute Gasteiger partial charge is 0.155 e. The highest BCUT2D eigenvalue weighted by atomic mass is 32.2. The summed E-state index contributed by atoms with van der Waals surface area (Å²) in [6.07, 6.45) is 3.69. The van der Waals surface area contributed by atoms with Crippen LogP contribution in [-0.4, -0.2) is 50.4 Å². The van der Waals surface area contributed by atoms with Gasteiger partial charge in [-0.15, -0.1) is 10.2 Å². The van der Waals surface area contributed by atoms with Crippen molar-refractivity contribution in [2.75, 3.05) is 12.0 Å². The molecule has 5 rings (SSSR count). The van der Waals surface area contributed by atoms with E-state index >= 15 is 4.39 Å². The van der Waals surface area contributed by atoms with Crippen molar-refractivity contribution in [1.82, 2.24) is 29.9 Å². The van der Waals surface area contributed by atoms with E-state index in [9.17, 15) is 12.8 Å². The van der Waals surface area contributed by atoms with Gasteiger partial charge in [-0.3, -0.25) is 0 Å². The van der Waals surface area contributed by atoms with Gasteiger partial charge in [0, 0.05) is 12.7 Å². The van der Waals surface area contributed by atoms with Crippen LogP contribution in [0.5, 0.6) is 0 Å².